The van der Waals surface area contributed by atoms with Gasteiger partial charge < -0.3 is 0 Å². The van der Waals surface area contributed by atoms with Crippen molar-refractivity contribution in [2.75, 3.05) is 0 Å². The molecule has 8 aromatic rings. The zero-order valence-electron chi connectivity index (χ0n) is 24.8. The molecule has 0 aliphatic carbocycles. The van der Waals surface area contributed by atoms with E-state index < -0.39 is 0 Å². The van der Waals surface area contributed by atoms with Gasteiger partial charge in [-0.25, -0.2) is 15.0 Å². The maximum atomic E-state index is 9.41. The lowest BCUT2D eigenvalue weighted by atomic mass is 9.96. The van der Waals surface area contributed by atoms with Gasteiger partial charge in [-0.2, -0.15) is 10.5 Å². The average molecular weight is 619 g/mol. The van der Waals surface area contributed by atoms with Crippen molar-refractivity contribution in [1.29, 1.82) is 10.5 Å². The molecular weight excluding hydrogens is 597 g/mol. The molecule has 47 heavy (non-hydrogen) atoms. The Bertz CT molecular complexity index is 2530. The van der Waals surface area contributed by atoms with Crippen LogP contribution in [0.25, 0.3) is 76.6 Å². The molecule has 3 heterocycles. The molecule has 6 nitrogen and oxygen atoms in total. The normalized spacial score (nSPS) is 10.9. The Morgan fingerprint density at radius 2 is 1.00 bits per heavy atom. The van der Waals surface area contributed by atoms with E-state index in [2.05, 4.69) is 53.5 Å². The molecule has 218 valence electrons. The molecule has 0 aliphatic heterocycles. The summed E-state index contributed by atoms with van der Waals surface area (Å²) in [6.07, 6.45) is 3.62. The van der Waals surface area contributed by atoms with Crippen molar-refractivity contribution in [2.45, 2.75) is 0 Å². The van der Waals surface area contributed by atoms with Crippen molar-refractivity contribution in [1.82, 2.24) is 19.9 Å². The van der Waals surface area contributed by atoms with Gasteiger partial charge in [0.15, 0.2) is 17.5 Å². The predicted molar refractivity (Wildman–Crippen MR) is 187 cm³/mol. The van der Waals surface area contributed by atoms with Gasteiger partial charge >= 0.3 is 0 Å². The number of thiophene rings is 1. The first-order valence-corrected chi connectivity index (χ1v) is 15.7. The number of nitrogens with zero attached hydrogens (tertiary/aromatic N) is 6. The molecular formula is C40H22N6S. The van der Waals surface area contributed by atoms with Gasteiger partial charge in [-0.1, -0.05) is 54.6 Å². The molecule has 0 N–H and O–H groups in total. The third-order valence-electron chi connectivity index (χ3n) is 8.06. The van der Waals surface area contributed by atoms with Crippen LogP contribution in [0.5, 0.6) is 0 Å². The van der Waals surface area contributed by atoms with Gasteiger partial charge in [0.05, 0.1) is 23.3 Å². The number of hydrogen-bond acceptors (Lipinski definition) is 7. The molecule has 0 fully saturated rings. The maximum absolute atomic E-state index is 9.41. The van der Waals surface area contributed by atoms with E-state index in [1.807, 2.05) is 79.0 Å². The van der Waals surface area contributed by atoms with Gasteiger partial charge in [-0.05, 0) is 83.4 Å². The van der Waals surface area contributed by atoms with Gasteiger partial charge in [0.2, 0.25) is 0 Å². The van der Waals surface area contributed by atoms with Gasteiger partial charge in [-0.15, -0.1) is 11.3 Å². The minimum absolute atomic E-state index is 0.523. The quantitative estimate of drug-likeness (QED) is 0.190. The molecule has 0 bridgehead atoms. The SMILES string of the molecule is N#Cc1ccc(-c2nc(-c3ccccc3)nc(-c3cc(-c4cccnc4)cc(-c4ccc5c(c4)sc4cc(C#N)ccc45)c3)n2)cc1. The minimum Gasteiger partial charge on any atom is -0.264 e. The highest BCUT2D eigenvalue weighted by atomic mass is 32.1. The molecule has 8 rings (SSSR count). The third kappa shape index (κ3) is 5.38. The van der Waals surface area contributed by atoms with Crippen molar-refractivity contribution in [3.8, 4) is 68.6 Å². The summed E-state index contributed by atoms with van der Waals surface area (Å²) in [4.78, 5) is 19.2. The van der Waals surface area contributed by atoms with Crippen LogP contribution in [0.1, 0.15) is 11.1 Å². The predicted octanol–water partition coefficient (Wildman–Crippen LogP) is 9.71. The van der Waals surface area contributed by atoms with E-state index in [1.54, 1.807) is 29.7 Å². The van der Waals surface area contributed by atoms with Crippen molar-refractivity contribution in [3.63, 3.8) is 0 Å². The summed E-state index contributed by atoms with van der Waals surface area (Å²) in [5, 5.41) is 21.1. The Labute approximate surface area is 274 Å². The van der Waals surface area contributed by atoms with Crippen molar-refractivity contribution in [2.24, 2.45) is 0 Å². The van der Waals surface area contributed by atoms with Crippen LogP contribution in [0.4, 0.5) is 0 Å². The second kappa shape index (κ2) is 11.8. The number of pyridine rings is 1. The van der Waals surface area contributed by atoms with Crippen molar-refractivity contribution < 1.29 is 0 Å². The lowest BCUT2D eigenvalue weighted by Gasteiger charge is -2.12. The van der Waals surface area contributed by atoms with Crippen molar-refractivity contribution in [3.05, 3.63) is 145 Å². The molecule has 3 aromatic heterocycles. The monoisotopic (exact) mass is 618 g/mol. The Kier molecular flexibility index (Phi) is 7.00. The average Bonchev–Trinajstić information content (AvgIpc) is 3.52. The fourth-order valence-electron chi connectivity index (χ4n) is 5.69. The zero-order chi connectivity index (χ0) is 31.7. The van der Waals surface area contributed by atoms with Crippen LogP contribution in [0.2, 0.25) is 0 Å². The first-order chi connectivity index (χ1) is 23.1. The molecule has 0 amide bonds. The van der Waals surface area contributed by atoms with E-state index >= 15 is 0 Å². The van der Waals surface area contributed by atoms with E-state index in [1.165, 1.54) is 5.39 Å². The lowest BCUT2D eigenvalue weighted by molar-refractivity contribution is 1.07. The lowest BCUT2D eigenvalue weighted by Crippen LogP contribution is -2.00. The Hall–Kier alpha value is -6.54. The van der Waals surface area contributed by atoms with Crippen LogP contribution < -0.4 is 0 Å². The largest absolute Gasteiger partial charge is 0.264 e. The number of fused-ring (bicyclic) bond motifs is 3. The fraction of sp³-hybridized carbons (Fsp3) is 0. The summed E-state index contributed by atoms with van der Waals surface area (Å²) in [5.74, 6) is 1.62. The van der Waals surface area contributed by atoms with Gasteiger partial charge in [0.25, 0.3) is 0 Å². The zero-order valence-corrected chi connectivity index (χ0v) is 25.6. The minimum atomic E-state index is 0.523. The summed E-state index contributed by atoms with van der Waals surface area (Å²) in [7, 11) is 0. The summed E-state index contributed by atoms with van der Waals surface area (Å²) >= 11 is 1.69. The number of hydrogen-bond donors (Lipinski definition) is 0. The van der Waals surface area contributed by atoms with Crippen LogP contribution in [-0.4, -0.2) is 19.9 Å². The molecule has 0 spiro atoms. The second-order valence-electron chi connectivity index (χ2n) is 11.0. The topological polar surface area (TPSA) is 99.1 Å². The summed E-state index contributed by atoms with van der Waals surface area (Å²) in [5.41, 5.74) is 7.78. The Morgan fingerprint density at radius 3 is 1.68 bits per heavy atom. The van der Waals surface area contributed by atoms with Gasteiger partial charge in [-0.3, -0.25) is 4.98 Å². The smallest absolute Gasteiger partial charge is 0.164 e. The van der Waals surface area contributed by atoms with Crippen LogP contribution in [0, 0.1) is 22.7 Å². The number of rotatable bonds is 5. The fourth-order valence-corrected chi connectivity index (χ4v) is 6.88. The maximum Gasteiger partial charge on any atom is 0.164 e. The summed E-state index contributed by atoms with van der Waals surface area (Å²) < 4.78 is 2.24. The van der Waals surface area contributed by atoms with Gasteiger partial charge in [0, 0.05) is 54.8 Å². The number of benzene rings is 5. The van der Waals surface area contributed by atoms with Crippen LogP contribution in [-0.2, 0) is 0 Å². The van der Waals surface area contributed by atoms with Crippen LogP contribution >= 0.6 is 11.3 Å². The molecule has 0 atom stereocenters. The molecule has 5 aromatic carbocycles. The van der Waals surface area contributed by atoms with E-state index in [0.717, 1.165) is 53.7 Å². The van der Waals surface area contributed by atoms with Crippen LogP contribution in [0.3, 0.4) is 0 Å². The van der Waals surface area contributed by atoms with Crippen molar-refractivity contribution >= 4 is 31.5 Å². The van der Waals surface area contributed by atoms with E-state index in [-0.39, 0.29) is 0 Å². The van der Waals surface area contributed by atoms with Gasteiger partial charge in [0.1, 0.15) is 0 Å². The highest BCUT2D eigenvalue weighted by Crippen LogP contribution is 2.39. The van der Waals surface area contributed by atoms with E-state index in [9.17, 15) is 10.5 Å². The second-order valence-corrected chi connectivity index (χ2v) is 12.1. The standard InChI is InChI=1S/C40H22N6S/c41-22-25-8-11-28(12-9-25)39-44-38(27-5-2-1-3-6-27)45-40(46-39)33-19-31(18-32(20-33)30-7-4-16-43-24-30)29-13-15-35-34-14-10-26(23-42)17-36(34)47-37(35)21-29/h1-21,24H. The first-order valence-electron chi connectivity index (χ1n) is 14.9. The molecule has 0 saturated heterocycles. The molecule has 7 heteroatoms. The molecule has 0 unspecified atom stereocenters. The molecule has 0 saturated carbocycles. The molecule has 0 radical (unpaired) electrons. The highest BCUT2D eigenvalue weighted by Gasteiger charge is 2.16. The summed E-state index contributed by atoms with van der Waals surface area (Å²) in [6, 6.07) is 44.3. The highest BCUT2D eigenvalue weighted by molar-refractivity contribution is 7.25. The number of aromatic nitrogens is 4. The number of nitriles is 2. The van der Waals surface area contributed by atoms with Crippen LogP contribution in [0.15, 0.2) is 134 Å². The molecule has 0 aliphatic rings. The Balaban J connectivity index is 1.33. The van der Waals surface area contributed by atoms with E-state index in [0.29, 0.717) is 28.6 Å². The Morgan fingerprint density at radius 1 is 0.447 bits per heavy atom. The third-order valence-corrected chi connectivity index (χ3v) is 9.18. The first kappa shape index (κ1) is 28.0. The van der Waals surface area contributed by atoms with E-state index in [4.69, 9.17) is 15.0 Å². The summed E-state index contributed by atoms with van der Waals surface area (Å²) in [6.45, 7) is 0.